The molecule has 0 saturated heterocycles. The number of amides is 1. The van der Waals surface area contributed by atoms with Crippen molar-refractivity contribution < 1.29 is 9.90 Å². The second-order valence-corrected chi connectivity index (χ2v) is 7.37. The van der Waals surface area contributed by atoms with Crippen molar-refractivity contribution in [3.8, 4) is 0 Å². The second kappa shape index (κ2) is 8.87. The number of rotatable bonds is 8. The number of H-pyrrole nitrogens is 1. The van der Waals surface area contributed by atoms with Gasteiger partial charge in [0, 0.05) is 30.6 Å². The minimum atomic E-state index is -0.199. The Labute approximate surface area is 160 Å². The quantitative estimate of drug-likeness (QED) is 0.639. The minimum Gasteiger partial charge on any atom is -0.394 e. The van der Waals surface area contributed by atoms with Gasteiger partial charge >= 0.3 is 0 Å². The summed E-state index contributed by atoms with van der Waals surface area (Å²) in [5, 5.41) is 11.2. The van der Waals surface area contributed by atoms with Gasteiger partial charge in [0.25, 0.3) is 0 Å². The van der Waals surface area contributed by atoms with Crippen molar-refractivity contribution in [1.29, 1.82) is 0 Å². The molecule has 1 aromatic heterocycles. The SMILES string of the molecule is CC(=O)N(CC(C)Cc1c[nH]c2ccccc12)C(CO)Cc1ccccc1. The van der Waals surface area contributed by atoms with E-state index in [1.54, 1.807) is 6.92 Å². The topological polar surface area (TPSA) is 56.3 Å². The number of carbonyl (C=O) groups is 1. The van der Waals surface area contributed by atoms with Crippen LogP contribution in [0.5, 0.6) is 0 Å². The molecular weight excluding hydrogens is 336 g/mol. The van der Waals surface area contributed by atoms with Crippen molar-refractivity contribution in [1.82, 2.24) is 9.88 Å². The van der Waals surface area contributed by atoms with Crippen LogP contribution in [0.4, 0.5) is 0 Å². The number of benzene rings is 2. The third kappa shape index (κ3) is 4.77. The van der Waals surface area contributed by atoms with Crippen LogP contribution in [0.15, 0.2) is 60.8 Å². The van der Waals surface area contributed by atoms with E-state index in [0.29, 0.717) is 13.0 Å². The lowest BCUT2D eigenvalue weighted by molar-refractivity contribution is -0.132. The highest BCUT2D eigenvalue weighted by Gasteiger charge is 2.23. The molecule has 2 N–H and O–H groups in total. The lowest BCUT2D eigenvalue weighted by atomic mass is 9.98. The van der Waals surface area contributed by atoms with Gasteiger partial charge in [-0.2, -0.15) is 0 Å². The maximum absolute atomic E-state index is 12.3. The molecule has 0 bridgehead atoms. The van der Waals surface area contributed by atoms with Gasteiger partial charge in [-0.25, -0.2) is 0 Å². The third-order valence-electron chi connectivity index (χ3n) is 5.12. The Balaban J connectivity index is 1.70. The van der Waals surface area contributed by atoms with Gasteiger partial charge in [-0.1, -0.05) is 55.5 Å². The summed E-state index contributed by atoms with van der Waals surface area (Å²) in [7, 11) is 0. The maximum atomic E-state index is 12.3. The third-order valence-corrected chi connectivity index (χ3v) is 5.12. The fourth-order valence-electron chi connectivity index (χ4n) is 3.77. The molecule has 27 heavy (non-hydrogen) atoms. The van der Waals surface area contributed by atoms with Crippen molar-refractivity contribution in [3.63, 3.8) is 0 Å². The first-order valence-corrected chi connectivity index (χ1v) is 9.55. The number of nitrogens with one attached hydrogen (secondary N) is 1. The van der Waals surface area contributed by atoms with E-state index in [0.717, 1.165) is 17.5 Å². The Morgan fingerprint density at radius 1 is 1.07 bits per heavy atom. The number of hydrogen-bond donors (Lipinski definition) is 2. The van der Waals surface area contributed by atoms with Crippen LogP contribution >= 0.6 is 0 Å². The number of aliphatic hydroxyl groups excluding tert-OH is 1. The first-order chi connectivity index (χ1) is 13.1. The highest BCUT2D eigenvalue weighted by molar-refractivity contribution is 5.83. The molecule has 0 saturated carbocycles. The van der Waals surface area contributed by atoms with Gasteiger partial charge in [0.15, 0.2) is 0 Å². The predicted molar refractivity (Wildman–Crippen MR) is 110 cm³/mol. The Morgan fingerprint density at radius 2 is 1.78 bits per heavy atom. The summed E-state index contributed by atoms with van der Waals surface area (Å²) in [6.45, 7) is 4.35. The van der Waals surface area contributed by atoms with Crippen molar-refractivity contribution in [2.75, 3.05) is 13.2 Å². The van der Waals surface area contributed by atoms with Gasteiger partial charge in [0.1, 0.15) is 0 Å². The molecule has 3 aromatic rings. The van der Waals surface area contributed by atoms with Gasteiger partial charge in [-0.05, 0) is 36.0 Å². The van der Waals surface area contributed by atoms with Crippen LogP contribution in [0.3, 0.4) is 0 Å². The van der Waals surface area contributed by atoms with Crippen molar-refractivity contribution in [2.45, 2.75) is 32.7 Å². The molecule has 0 fully saturated rings. The number of aromatic amines is 1. The first-order valence-electron chi connectivity index (χ1n) is 9.55. The van der Waals surface area contributed by atoms with E-state index in [4.69, 9.17) is 0 Å². The Bertz CT molecular complexity index is 872. The van der Waals surface area contributed by atoms with E-state index in [1.165, 1.54) is 10.9 Å². The fourth-order valence-corrected chi connectivity index (χ4v) is 3.77. The van der Waals surface area contributed by atoms with Crippen LogP contribution < -0.4 is 0 Å². The summed E-state index contributed by atoms with van der Waals surface area (Å²) >= 11 is 0. The molecule has 0 aliphatic heterocycles. The van der Waals surface area contributed by atoms with Crippen molar-refractivity contribution in [2.24, 2.45) is 5.92 Å². The van der Waals surface area contributed by atoms with E-state index in [-0.39, 0.29) is 24.5 Å². The normalized spacial score (nSPS) is 13.4. The highest BCUT2D eigenvalue weighted by atomic mass is 16.3. The summed E-state index contributed by atoms with van der Waals surface area (Å²) in [6, 6.07) is 18.1. The molecular formula is C23H28N2O2. The molecule has 0 aliphatic rings. The molecule has 0 spiro atoms. The second-order valence-electron chi connectivity index (χ2n) is 7.37. The van der Waals surface area contributed by atoms with Crippen molar-refractivity contribution in [3.05, 3.63) is 71.9 Å². The lowest BCUT2D eigenvalue weighted by Gasteiger charge is -2.32. The molecule has 4 heteroatoms. The number of fused-ring (bicyclic) bond motifs is 1. The van der Waals surface area contributed by atoms with E-state index < -0.39 is 0 Å². The Morgan fingerprint density at radius 3 is 2.48 bits per heavy atom. The molecule has 2 aromatic carbocycles. The van der Waals surface area contributed by atoms with Gasteiger partial charge in [0.2, 0.25) is 5.91 Å². The average Bonchev–Trinajstić information content (AvgIpc) is 3.08. The van der Waals surface area contributed by atoms with E-state index in [2.05, 4.69) is 30.2 Å². The monoisotopic (exact) mass is 364 g/mol. The summed E-state index contributed by atoms with van der Waals surface area (Å²) in [6.07, 6.45) is 3.61. The van der Waals surface area contributed by atoms with Gasteiger partial charge < -0.3 is 15.0 Å². The zero-order chi connectivity index (χ0) is 19.2. The summed E-state index contributed by atoms with van der Waals surface area (Å²) in [4.78, 5) is 17.4. The predicted octanol–water partition coefficient (Wildman–Crippen LogP) is 3.80. The summed E-state index contributed by atoms with van der Waals surface area (Å²) in [5.41, 5.74) is 3.54. The van der Waals surface area contributed by atoms with E-state index >= 15 is 0 Å². The lowest BCUT2D eigenvalue weighted by Crippen LogP contribution is -2.45. The minimum absolute atomic E-state index is 0.00996. The number of aromatic nitrogens is 1. The van der Waals surface area contributed by atoms with Gasteiger partial charge in [0.05, 0.1) is 12.6 Å². The van der Waals surface area contributed by atoms with Crippen molar-refractivity contribution >= 4 is 16.8 Å². The van der Waals surface area contributed by atoms with Crippen LogP contribution in [0.2, 0.25) is 0 Å². The van der Waals surface area contributed by atoms with Crippen LogP contribution in [0, 0.1) is 5.92 Å². The van der Waals surface area contributed by atoms with Crippen LogP contribution in [0.25, 0.3) is 10.9 Å². The van der Waals surface area contributed by atoms with Gasteiger partial charge in [-0.3, -0.25) is 4.79 Å². The molecule has 1 amide bonds. The fraction of sp³-hybridized carbons (Fsp3) is 0.348. The molecule has 3 rings (SSSR count). The number of carbonyl (C=O) groups excluding carboxylic acids is 1. The molecule has 2 atom stereocenters. The zero-order valence-corrected chi connectivity index (χ0v) is 16.1. The average molecular weight is 364 g/mol. The van der Waals surface area contributed by atoms with Crippen LogP contribution in [0.1, 0.15) is 25.0 Å². The molecule has 1 heterocycles. The Hall–Kier alpha value is -2.59. The smallest absolute Gasteiger partial charge is 0.219 e. The molecule has 2 unspecified atom stereocenters. The number of para-hydroxylation sites is 1. The first kappa shape index (κ1) is 19.2. The molecule has 142 valence electrons. The molecule has 0 radical (unpaired) electrons. The highest BCUT2D eigenvalue weighted by Crippen LogP contribution is 2.22. The largest absolute Gasteiger partial charge is 0.394 e. The van der Waals surface area contributed by atoms with Crippen LogP contribution in [-0.2, 0) is 17.6 Å². The maximum Gasteiger partial charge on any atom is 0.219 e. The van der Waals surface area contributed by atoms with E-state index in [9.17, 15) is 9.90 Å². The Kier molecular flexibility index (Phi) is 6.30. The van der Waals surface area contributed by atoms with Gasteiger partial charge in [-0.15, -0.1) is 0 Å². The molecule has 4 nitrogen and oxygen atoms in total. The summed E-state index contributed by atoms with van der Waals surface area (Å²) < 4.78 is 0. The van der Waals surface area contributed by atoms with Crippen LogP contribution in [-0.4, -0.2) is 40.1 Å². The van der Waals surface area contributed by atoms with E-state index in [1.807, 2.05) is 47.4 Å². The zero-order valence-electron chi connectivity index (χ0n) is 16.1. The molecule has 0 aliphatic carbocycles. The number of hydrogen-bond acceptors (Lipinski definition) is 2. The summed E-state index contributed by atoms with van der Waals surface area (Å²) in [5.74, 6) is 0.300. The number of nitrogens with zero attached hydrogens (tertiary/aromatic N) is 1. The standard InChI is InChI=1S/C23H28N2O2/c1-17(12-20-14-24-23-11-7-6-10-22(20)23)15-25(18(2)27)21(16-26)13-19-8-4-3-5-9-19/h3-11,14,17,21,24,26H,12-13,15-16H2,1-2H3. The number of aliphatic hydroxyl groups is 1.